The Morgan fingerprint density at radius 3 is 2.77 bits per heavy atom. The lowest BCUT2D eigenvalue weighted by atomic mass is 10.1. The standard InChI is InChI=1S/C18H11ClN4O7/c19-9-4-11-13(30-7-15(25)21-11)5-10(9)20-14(24)6-22-17(26)8-2-1-3-12(23(28)29)16(8)18(22)27/h1-5H,6-7H2,(H,20,24)(H,21,25). The number of hydrogen-bond donors (Lipinski definition) is 2. The molecule has 0 spiro atoms. The summed E-state index contributed by atoms with van der Waals surface area (Å²) >= 11 is 6.11. The molecule has 2 aromatic carbocycles. The van der Waals surface area contributed by atoms with Crippen molar-refractivity contribution in [3.05, 3.63) is 56.6 Å². The molecule has 2 aliphatic rings. The van der Waals surface area contributed by atoms with E-state index in [0.29, 0.717) is 10.6 Å². The van der Waals surface area contributed by atoms with Gasteiger partial charge in [-0.05, 0) is 12.1 Å². The molecule has 0 aliphatic carbocycles. The Kier molecular flexibility index (Phi) is 4.59. The van der Waals surface area contributed by atoms with Crippen LogP contribution in [0.15, 0.2) is 30.3 Å². The number of hydrogen-bond acceptors (Lipinski definition) is 7. The van der Waals surface area contributed by atoms with E-state index in [2.05, 4.69) is 10.6 Å². The van der Waals surface area contributed by atoms with Crippen LogP contribution in [0.5, 0.6) is 5.75 Å². The van der Waals surface area contributed by atoms with Gasteiger partial charge < -0.3 is 15.4 Å². The molecule has 11 nitrogen and oxygen atoms in total. The second kappa shape index (κ2) is 7.12. The third-order valence-electron chi connectivity index (χ3n) is 4.45. The third kappa shape index (κ3) is 3.20. The summed E-state index contributed by atoms with van der Waals surface area (Å²) in [7, 11) is 0. The summed E-state index contributed by atoms with van der Waals surface area (Å²) in [6.45, 7) is -0.871. The van der Waals surface area contributed by atoms with Gasteiger partial charge in [0.2, 0.25) is 5.91 Å². The number of halogens is 1. The molecule has 0 aromatic heterocycles. The van der Waals surface area contributed by atoms with Gasteiger partial charge in [-0.1, -0.05) is 17.7 Å². The van der Waals surface area contributed by atoms with Crippen LogP contribution in [0.4, 0.5) is 17.1 Å². The Bertz CT molecular complexity index is 1160. The number of ether oxygens (including phenoxy) is 1. The molecule has 0 fully saturated rings. The van der Waals surface area contributed by atoms with E-state index in [9.17, 15) is 29.3 Å². The second-order valence-corrected chi connectivity index (χ2v) is 6.77. The molecule has 0 unspecified atom stereocenters. The summed E-state index contributed by atoms with van der Waals surface area (Å²) < 4.78 is 5.25. The van der Waals surface area contributed by atoms with E-state index in [4.69, 9.17) is 16.3 Å². The quantitative estimate of drug-likeness (QED) is 0.427. The van der Waals surface area contributed by atoms with Crippen LogP contribution >= 0.6 is 11.6 Å². The van der Waals surface area contributed by atoms with E-state index in [-0.39, 0.29) is 40.1 Å². The smallest absolute Gasteiger partial charge is 0.282 e. The van der Waals surface area contributed by atoms with Gasteiger partial charge in [-0.2, -0.15) is 0 Å². The first kappa shape index (κ1) is 19.3. The maximum absolute atomic E-state index is 12.5. The minimum Gasteiger partial charge on any atom is -0.482 e. The van der Waals surface area contributed by atoms with Crippen molar-refractivity contribution in [2.24, 2.45) is 0 Å². The molecule has 152 valence electrons. The van der Waals surface area contributed by atoms with Crippen LogP contribution in [0.1, 0.15) is 20.7 Å². The largest absolute Gasteiger partial charge is 0.482 e. The summed E-state index contributed by atoms with van der Waals surface area (Å²) in [6, 6.07) is 6.46. The normalized spacial score (nSPS) is 14.6. The number of anilines is 2. The maximum atomic E-state index is 12.5. The highest BCUT2D eigenvalue weighted by Crippen LogP contribution is 2.36. The monoisotopic (exact) mass is 430 g/mol. The summed E-state index contributed by atoms with van der Waals surface area (Å²) in [6.07, 6.45) is 0. The number of carbonyl (C=O) groups is 4. The number of carbonyl (C=O) groups excluding carboxylic acids is 4. The number of nitrogens with zero attached hydrogens (tertiary/aromatic N) is 2. The average Bonchev–Trinajstić information content (AvgIpc) is 2.93. The van der Waals surface area contributed by atoms with E-state index in [1.807, 2.05) is 0 Å². The number of amides is 4. The fourth-order valence-corrected chi connectivity index (χ4v) is 3.35. The van der Waals surface area contributed by atoms with Crippen LogP contribution in [0.2, 0.25) is 5.02 Å². The molecule has 2 heterocycles. The van der Waals surface area contributed by atoms with Crippen molar-refractivity contribution in [3.8, 4) is 5.75 Å². The molecule has 30 heavy (non-hydrogen) atoms. The van der Waals surface area contributed by atoms with E-state index in [1.165, 1.54) is 24.3 Å². The maximum Gasteiger partial charge on any atom is 0.282 e. The number of nitrogens with one attached hydrogen (secondary N) is 2. The highest BCUT2D eigenvalue weighted by Gasteiger charge is 2.41. The highest BCUT2D eigenvalue weighted by atomic mass is 35.5. The number of fused-ring (bicyclic) bond motifs is 2. The molecule has 0 bridgehead atoms. The predicted molar refractivity (Wildman–Crippen MR) is 103 cm³/mol. The molecular weight excluding hydrogens is 420 g/mol. The predicted octanol–water partition coefficient (Wildman–Crippen LogP) is 1.81. The van der Waals surface area contributed by atoms with Crippen molar-refractivity contribution in [2.45, 2.75) is 0 Å². The second-order valence-electron chi connectivity index (χ2n) is 6.37. The first-order valence-corrected chi connectivity index (χ1v) is 8.83. The molecule has 0 atom stereocenters. The molecule has 0 radical (unpaired) electrons. The SMILES string of the molecule is O=C(CN1C(=O)c2cccc([N+](=O)[O-])c2C1=O)Nc1cc2c(cc1Cl)NC(=O)CO2. The van der Waals surface area contributed by atoms with E-state index in [1.54, 1.807) is 0 Å². The third-order valence-corrected chi connectivity index (χ3v) is 4.76. The molecule has 0 saturated heterocycles. The van der Waals surface area contributed by atoms with Crippen LogP contribution in [0.25, 0.3) is 0 Å². The van der Waals surface area contributed by atoms with Crippen molar-refractivity contribution in [3.63, 3.8) is 0 Å². The van der Waals surface area contributed by atoms with Crippen LogP contribution in [0, 0.1) is 10.1 Å². The molecule has 2 aliphatic heterocycles. The summed E-state index contributed by atoms with van der Waals surface area (Å²) in [5.41, 5.74) is -0.527. The highest BCUT2D eigenvalue weighted by molar-refractivity contribution is 6.34. The van der Waals surface area contributed by atoms with Crippen molar-refractivity contribution in [1.29, 1.82) is 0 Å². The lowest BCUT2D eigenvalue weighted by Crippen LogP contribution is -2.37. The van der Waals surface area contributed by atoms with Gasteiger partial charge in [0.05, 0.1) is 26.9 Å². The topological polar surface area (TPSA) is 148 Å². The summed E-state index contributed by atoms with van der Waals surface area (Å²) in [5.74, 6) is -2.56. The van der Waals surface area contributed by atoms with Crippen molar-refractivity contribution >= 4 is 52.3 Å². The molecular formula is C18H11ClN4O7. The van der Waals surface area contributed by atoms with Gasteiger partial charge in [-0.15, -0.1) is 0 Å². The number of benzene rings is 2. The zero-order valence-corrected chi connectivity index (χ0v) is 15.7. The zero-order chi connectivity index (χ0) is 21.6. The Balaban J connectivity index is 1.53. The first-order chi connectivity index (χ1) is 14.3. The lowest BCUT2D eigenvalue weighted by molar-refractivity contribution is -0.385. The summed E-state index contributed by atoms with van der Waals surface area (Å²) in [5, 5.41) is 16.3. The Hall–Kier alpha value is -3.99. The molecule has 4 amide bonds. The lowest BCUT2D eigenvalue weighted by Gasteiger charge is -2.20. The Morgan fingerprint density at radius 2 is 2.03 bits per heavy atom. The zero-order valence-electron chi connectivity index (χ0n) is 14.9. The van der Waals surface area contributed by atoms with Gasteiger partial charge in [-0.25, -0.2) is 0 Å². The van der Waals surface area contributed by atoms with Gasteiger partial charge in [-0.3, -0.25) is 34.2 Å². The minimum atomic E-state index is -0.931. The average molecular weight is 431 g/mol. The van der Waals surface area contributed by atoms with E-state index in [0.717, 1.165) is 6.07 Å². The van der Waals surface area contributed by atoms with Gasteiger partial charge >= 0.3 is 0 Å². The molecule has 12 heteroatoms. The van der Waals surface area contributed by atoms with E-state index >= 15 is 0 Å². The number of imide groups is 1. The van der Waals surface area contributed by atoms with Crippen molar-refractivity contribution in [2.75, 3.05) is 23.8 Å². The van der Waals surface area contributed by atoms with Crippen LogP contribution in [-0.4, -0.2) is 46.6 Å². The van der Waals surface area contributed by atoms with Gasteiger partial charge in [0, 0.05) is 12.1 Å². The fraction of sp³-hybridized carbons (Fsp3) is 0.111. The van der Waals surface area contributed by atoms with Gasteiger partial charge in [0.15, 0.2) is 6.61 Å². The van der Waals surface area contributed by atoms with E-state index < -0.39 is 34.9 Å². The summed E-state index contributed by atoms with van der Waals surface area (Å²) in [4.78, 5) is 59.8. The molecule has 2 aromatic rings. The number of rotatable bonds is 4. The molecule has 4 rings (SSSR count). The molecule has 2 N–H and O–H groups in total. The van der Waals surface area contributed by atoms with Crippen molar-refractivity contribution < 1.29 is 28.8 Å². The van der Waals surface area contributed by atoms with Crippen LogP contribution in [-0.2, 0) is 9.59 Å². The van der Waals surface area contributed by atoms with Crippen LogP contribution in [0.3, 0.4) is 0 Å². The van der Waals surface area contributed by atoms with Crippen LogP contribution < -0.4 is 15.4 Å². The molecule has 0 saturated carbocycles. The first-order valence-electron chi connectivity index (χ1n) is 8.46. The number of nitro groups is 1. The fourth-order valence-electron chi connectivity index (χ4n) is 3.14. The number of nitro benzene ring substituents is 1. The van der Waals surface area contributed by atoms with Gasteiger partial charge in [0.1, 0.15) is 17.9 Å². The minimum absolute atomic E-state index is 0.0888. The van der Waals surface area contributed by atoms with Gasteiger partial charge in [0.25, 0.3) is 23.4 Å². The van der Waals surface area contributed by atoms with Crippen molar-refractivity contribution in [1.82, 2.24) is 4.90 Å². The Morgan fingerprint density at radius 1 is 1.27 bits per heavy atom. The Labute approximate surface area is 172 Å².